The lowest BCUT2D eigenvalue weighted by Crippen LogP contribution is -2.47. The molecular formula is C18H23F3N2O3. The quantitative estimate of drug-likeness (QED) is 0.876. The lowest BCUT2D eigenvalue weighted by molar-refractivity contribution is -0.183. The highest BCUT2D eigenvalue weighted by atomic mass is 19.4. The predicted molar refractivity (Wildman–Crippen MR) is 89.3 cm³/mol. The first-order valence-electron chi connectivity index (χ1n) is 8.90. The molecule has 0 bridgehead atoms. The number of halogens is 3. The van der Waals surface area contributed by atoms with Crippen LogP contribution in [0, 0.1) is 5.92 Å². The topological polar surface area (TPSA) is 50.8 Å². The van der Waals surface area contributed by atoms with Crippen molar-refractivity contribution in [3.8, 4) is 11.5 Å². The molecule has 1 N–H and O–H groups in total. The highest BCUT2D eigenvalue weighted by Crippen LogP contribution is 2.35. The molecule has 0 aromatic heterocycles. The lowest BCUT2D eigenvalue weighted by atomic mass is 9.96. The Kier molecular flexibility index (Phi) is 5.48. The summed E-state index contributed by atoms with van der Waals surface area (Å²) < 4.78 is 49.3. The Hall–Kier alpha value is -2.12. The number of nitrogens with one attached hydrogen (secondary N) is 1. The van der Waals surface area contributed by atoms with Gasteiger partial charge in [0.25, 0.3) is 0 Å². The second kappa shape index (κ2) is 7.63. The summed E-state index contributed by atoms with van der Waals surface area (Å²) in [6.45, 7) is 3.17. The average Bonchev–Trinajstić information content (AvgIpc) is 2.65. The molecule has 1 aromatic carbocycles. The monoisotopic (exact) mass is 372 g/mol. The molecule has 1 fully saturated rings. The highest BCUT2D eigenvalue weighted by molar-refractivity contribution is 5.75. The Morgan fingerprint density at radius 2 is 1.88 bits per heavy atom. The van der Waals surface area contributed by atoms with E-state index >= 15 is 0 Å². The first-order valence-corrected chi connectivity index (χ1v) is 8.90. The van der Waals surface area contributed by atoms with Crippen LogP contribution in [0.15, 0.2) is 18.2 Å². The van der Waals surface area contributed by atoms with Crippen molar-refractivity contribution in [2.75, 3.05) is 26.3 Å². The van der Waals surface area contributed by atoms with E-state index in [0.29, 0.717) is 31.1 Å². The maximum Gasteiger partial charge on any atom is 0.391 e. The molecular weight excluding hydrogens is 349 g/mol. The minimum Gasteiger partial charge on any atom is -0.486 e. The van der Waals surface area contributed by atoms with Gasteiger partial charge in [0.15, 0.2) is 11.5 Å². The Morgan fingerprint density at radius 1 is 1.23 bits per heavy atom. The van der Waals surface area contributed by atoms with E-state index in [1.807, 2.05) is 25.1 Å². The molecule has 1 aromatic rings. The van der Waals surface area contributed by atoms with E-state index in [2.05, 4.69) is 5.32 Å². The summed E-state index contributed by atoms with van der Waals surface area (Å²) in [6.07, 6.45) is -3.61. The fourth-order valence-corrected chi connectivity index (χ4v) is 3.35. The van der Waals surface area contributed by atoms with Gasteiger partial charge in [0.2, 0.25) is 0 Å². The van der Waals surface area contributed by atoms with Crippen molar-refractivity contribution in [3.63, 3.8) is 0 Å². The molecule has 5 nitrogen and oxygen atoms in total. The van der Waals surface area contributed by atoms with Crippen molar-refractivity contribution in [1.29, 1.82) is 0 Å². The number of piperidine rings is 1. The molecule has 0 saturated carbocycles. The highest BCUT2D eigenvalue weighted by Gasteiger charge is 2.41. The van der Waals surface area contributed by atoms with Gasteiger partial charge in [-0.25, -0.2) is 4.79 Å². The summed E-state index contributed by atoms with van der Waals surface area (Å²) in [7, 11) is 0. The van der Waals surface area contributed by atoms with E-state index in [9.17, 15) is 18.0 Å². The zero-order valence-corrected chi connectivity index (χ0v) is 14.6. The zero-order chi connectivity index (χ0) is 18.7. The molecule has 2 heterocycles. The number of nitrogens with zero attached hydrogens (tertiary/aromatic N) is 1. The minimum atomic E-state index is -4.18. The van der Waals surface area contributed by atoms with Crippen LogP contribution in [0.1, 0.15) is 37.8 Å². The number of benzene rings is 1. The van der Waals surface area contributed by atoms with Crippen LogP contribution < -0.4 is 14.8 Å². The van der Waals surface area contributed by atoms with Crippen LogP contribution in [-0.4, -0.2) is 43.4 Å². The molecule has 144 valence electrons. The third-order valence-electron chi connectivity index (χ3n) is 4.92. The van der Waals surface area contributed by atoms with Gasteiger partial charge in [0.05, 0.1) is 12.0 Å². The van der Waals surface area contributed by atoms with Crippen LogP contribution in [0.25, 0.3) is 0 Å². The van der Waals surface area contributed by atoms with Gasteiger partial charge < -0.3 is 19.7 Å². The normalized spacial score (nSPS) is 19.2. The van der Waals surface area contributed by atoms with Crippen LogP contribution in [0.2, 0.25) is 0 Å². The van der Waals surface area contributed by atoms with Crippen LogP contribution in [0.5, 0.6) is 11.5 Å². The molecule has 8 heteroatoms. The van der Waals surface area contributed by atoms with E-state index < -0.39 is 12.1 Å². The number of carbonyl (C=O) groups excluding carboxylic acids is 1. The Bertz CT molecular complexity index is 643. The molecule has 0 spiro atoms. The molecule has 2 amide bonds. The summed E-state index contributed by atoms with van der Waals surface area (Å²) in [5, 5.41) is 2.92. The van der Waals surface area contributed by atoms with Gasteiger partial charge in [-0.05, 0) is 37.0 Å². The van der Waals surface area contributed by atoms with E-state index in [1.54, 1.807) is 0 Å². The van der Waals surface area contributed by atoms with Crippen LogP contribution in [-0.2, 0) is 0 Å². The largest absolute Gasteiger partial charge is 0.486 e. The summed E-state index contributed by atoms with van der Waals surface area (Å²) in [5.41, 5.74) is 0.885. The van der Waals surface area contributed by atoms with Crippen LogP contribution >= 0.6 is 0 Å². The Morgan fingerprint density at radius 3 is 2.50 bits per heavy atom. The summed E-state index contributed by atoms with van der Waals surface area (Å²) in [6, 6.07) is 4.97. The van der Waals surface area contributed by atoms with E-state index in [4.69, 9.17) is 9.47 Å². The smallest absolute Gasteiger partial charge is 0.391 e. The van der Waals surface area contributed by atoms with Gasteiger partial charge in [0, 0.05) is 13.1 Å². The third-order valence-corrected chi connectivity index (χ3v) is 4.92. The van der Waals surface area contributed by atoms with Crippen molar-refractivity contribution < 1.29 is 27.4 Å². The van der Waals surface area contributed by atoms with Crippen molar-refractivity contribution in [3.05, 3.63) is 23.8 Å². The molecule has 0 radical (unpaired) electrons. The number of hydrogen-bond acceptors (Lipinski definition) is 3. The molecule has 1 atom stereocenters. The van der Waals surface area contributed by atoms with E-state index in [0.717, 1.165) is 5.56 Å². The number of carbonyl (C=O) groups is 1. The van der Waals surface area contributed by atoms with Gasteiger partial charge in [-0.2, -0.15) is 13.2 Å². The second-order valence-electron chi connectivity index (χ2n) is 6.62. The maximum atomic E-state index is 12.8. The molecule has 3 rings (SSSR count). The molecule has 2 aliphatic rings. The molecule has 1 unspecified atom stereocenters. The van der Waals surface area contributed by atoms with Gasteiger partial charge in [-0.1, -0.05) is 13.0 Å². The minimum absolute atomic E-state index is 0.0439. The number of urea groups is 1. The Labute approximate surface area is 150 Å². The van der Waals surface area contributed by atoms with Crippen molar-refractivity contribution >= 4 is 6.03 Å². The fraction of sp³-hybridized carbons (Fsp3) is 0.611. The SMILES string of the molecule is CCC(NC(=O)N1CCC(C(F)(F)F)CC1)c1ccc2c(c1)OCCO2. The summed E-state index contributed by atoms with van der Waals surface area (Å²) in [5.74, 6) is 0.00848. The van der Waals surface area contributed by atoms with Crippen molar-refractivity contribution in [2.24, 2.45) is 5.92 Å². The first kappa shape index (κ1) is 18.7. The fourth-order valence-electron chi connectivity index (χ4n) is 3.35. The summed E-state index contributed by atoms with van der Waals surface area (Å²) in [4.78, 5) is 13.9. The van der Waals surface area contributed by atoms with Gasteiger partial charge in [-0.3, -0.25) is 0 Å². The van der Waals surface area contributed by atoms with Crippen molar-refractivity contribution in [2.45, 2.75) is 38.4 Å². The predicted octanol–water partition coefficient (Wildman–Crippen LogP) is 3.89. The Balaban J connectivity index is 1.61. The number of hydrogen-bond donors (Lipinski definition) is 1. The van der Waals surface area contributed by atoms with Gasteiger partial charge in [-0.15, -0.1) is 0 Å². The van der Waals surface area contributed by atoms with Crippen LogP contribution in [0.3, 0.4) is 0 Å². The first-order chi connectivity index (χ1) is 12.4. The van der Waals surface area contributed by atoms with Crippen LogP contribution in [0.4, 0.5) is 18.0 Å². The number of likely N-dealkylation sites (tertiary alicyclic amines) is 1. The molecule has 1 saturated heterocycles. The second-order valence-corrected chi connectivity index (χ2v) is 6.62. The number of rotatable bonds is 3. The average molecular weight is 372 g/mol. The van der Waals surface area contributed by atoms with Gasteiger partial charge in [0.1, 0.15) is 13.2 Å². The van der Waals surface area contributed by atoms with E-state index in [1.165, 1.54) is 4.90 Å². The molecule has 0 aliphatic carbocycles. The summed E-state index contributed by atoms with van der Waals surface area (Å²) >= 11 is 0. The number of alkyl halides is 3. The van der Waals surface area contributed by atoms with Gasteiger partial charge >= 0.3 is 12.2 Å². The number of amides is 2. The number of fused-ring (bicyclic) bond motifs is 1. The third kappa shape index (κ3) is 4.16. The standard InChI is InChI=1S/C18H23F3N2O3/c1-2-14(12-3-4-15-16(11-12)26-10-9-25-15)22-17(24)23-7-5-13(6-8-23)18(19,20)21/h3-4,11,13-14H,2,5-10H2,1H3,(H,22,24). The number of ether oxygens (including phenoxy) is 2. The lowest BCUT2D eigenvalue weighted by Gasteiger charge is -2.34. The molecule has 2 aliphatic heterocycles. The van der Waals surface area contributed by atoms with Crippen molar-refractivity contribution in [1.82, 2.24) is 10.2 Å². The maximum absolute atomic E-state index is 12.8. The molecule has 26 heavy (non-hydrogen) atoms. The van der Waals surface area contributed by atoms with E-state index in [-0.39, 0.29) is 38.0 Å². The zero-order valence-electron chi connectivity index (χ0n) is 14.6.